The molecule has 0 heterocycles. The van der Waals surface area contributed by atoms with Crippen molar-refractivity contribution >= 4 is 0 Å². The van der Waals surface area contributed by atoms with Crippen molar-refractivity contribution in [3.8, 4) is 0 Å². The highest BCUT2D eigenvalue weighted by molar-refractivity contribution is 4.79. The fourth-order valence-corrected chi connectivity index (χ4v) is 2.25. The van der Waals surface area contributed by atoms with Crippen LogP contribution in [0.2, 0.25) is 0 Å². The standard InChI is InChI=1S/C12H25NO2/c1-10-4-3-5-11(10)6-13-7-12(2,8-14)9-15/h10-11,13-15H,3-9H2,1-2H3. The van der Waals surface area contributed by atoms with Gasteiger partial charge in [-0.1, -0.05) is 26.7 Å². The number of aliphatic hydroxyl groups excluding tert-OH is 2. The van der Waals surface area contributed by atoms with E-state index in [2.05, 4.69) is 12.2 Å². The molecule has 0 aliphatic heterocycles. The number of hydrogen-bond donors (Lipinski definition) is 3. The molecule has 3 heteroatoms. The van der Waals surface area contributed by atoms with Crippen LogP contribution in [-0.4, -0.2) is 36.5 Å². The Kier molecular flexibility index (Phi) is 5.03. The molecule has 2 unspecified atom stereocenters. The lowest BCUT2D eigenvalue weighted by atomic mass is 9.92. The summed E-state index contributed by atoms with van der Waals surface area (Å²) in [6.07, 6.45) is 4.03. The van der Waals surface area contributed by atoms with Crippen LogP contribution in [0, 0.1) is 17.3 Å². The minimum Gasteiger partial charge on any atom is -0.396 e. The third-order valence-electron chi connectivity index (χ3n) is 3.76. The minimum atomic E-state index is -0.373. The lowest BCUT2D eigenvalue weighted by Gasteiger charge is -2.26. The molecule has 0 spiro atoms. The molecule has 0 bridgehead atoms. The van der Waals surface area contributed by atoms with Crippen LogP contribution in [-0.2, 0) is 0 Å². The second-order valence-electron chi connectivity index (χ2n) is 5.43. The Morgan fingerprint density at radius 1 is 1.27 bits per heavy atom. The first-order valence-electron chi connectivity index (χ1n) is 6.04. The van der Waals surface area contributed by atoms with Crippen molar-refractivity contribution in [1.29, 1.82) is 0 Å². The highest BCUT2D eigenvalue weighted by atomic mass is 16.3. The van der Waals surface area contributed by atoms with Crippen molar-refractivity contribution in [2.24, 2.45) is 17.3 Å². The van der Waals surface area contributed by atoms with Gasteiger partial charge in [-0.2, -0.15) is 0 Å². The monoisotopic (exact) mass is 215 g/mol. The van der Waals surface area contributed by atoms with Gasteiger partial charge in [0.2, 0.25) is 0 Å². The number of nitrogens with one attached hydrogen (secondary N) is 1. The predicted octanol–water partition coefficient (Wildman–Crippen LogP) is 1.00. The number of hydrogen-bond acceptors (Lipinski definition) is 3. The first-order chi connectivity index (χ1) is 7.11. The third kappa shape index (κ3) is 3.74. The summed E-state index contributed by atoms with van der Waals surface area (Å²) in [5.41, 5.74) is -0.373. The van der Waals surface area contributed by atoms with Gasteiger partial charge in [0, 0.05) is 12.0 Å². The van der Waals surface area contributed by atoms with Gasteiger partial charge in [-0.15, -0.1) is 0 Å². The van der Waals surface area contributed by atoms with Crippen molar-refractivity contribution in [2.45, 2.75) is 33.1 Å². The molecule has 3 N–H and O–H groups in total. The zero-order chi connectivity index (χ0) is 11.3. The summed E-state index contributed by atoms with van der Waals surface area (Å²) in [5.74, 6) is 1.61. The maximum atomic E-state index is 9.13. The Labute approximate surface area is 92.9 Å². The lowest BCUT2D eigenvalue weighted by molar-refractivity contribution is 0.0686. The summed E-state index contributed by atoms with van der Waals surface area (Å²) < 4.78 is 0. The highest BCUT2D eigenvalue weighted by Gasteiger charge is 2.25. The van der Waals surface area contributed by atoms with Crippen molar-refractivity contribution < 1.29 is 10.2 Å². The zero-order valence-corrected chi connectivity index (χ0v) is 10.00. The highest BCUT2D eigenvalue weighted by Crippen LogP contribution is 2.30. The van der Waals surface area contributed by atoms with Gasteiger partial charge in [-0.05, 0) is 24.8 Å². The summed E-state index contributed by atoms with van der Waals surface area (Å²) in [5, 5.41) is 21.6. The van der Waals surface area contributed by atoms with E-state index in [-0.39, 0.29) is 18.6 Å². The van der Waals surface area contributed by atoms with Crippen LogP contribution in [0.1, 0.15) is 33.1 Å². The Balaban J connectivity index is 2.20. The van der Waals surface area contributed by atoms with E-state index in [0.717, 1.165) is 18.4 Å². The van der Waals surface area contributed by atoms with Gasteiger partial charge in [-0.25, -0.2) is 0 Å². The van der Waals surface area contributed by atoms with Gasteiger partial charge in [0.05, 0.1) is 13.2 Å². The Morgan fingerprint density at radius 3 is 2.40 bits per heavy atom. The van der Waals surface area contributed by atoms with E-state index in [1.54, 1.807) is 0 Å². The quantitative estimate of drug-likeness (QED) is 0.619. The van der Waals surface area contributed by atoms with Crippen LogP contribution in [0.25, 0.3) is 0 Å². The maximum absolute atomic E-state index is 9.13. The van der Waals surface area contributed by atoms with E-state index in [4.69, 9.17) is 10.2 Å². The second-order valence-corrected chi connectivity index (χ2v) is 5.43. The van der Waals surface area contributed by atoms with E-state index in [0.29, 0.717) is 6.54 Å². The molecule has 0 saturated heterocycles. The Hall–Kier alpha value is -0.120. The normalized spacial score (nSPS) is 27.2. The molecule has 0 aromatic rings. The largest absolute Gasteiger partial charge is 0.396 e. The molecule has 1 rings (SSSR count). The first kappa shape index (κ1) is 12.9. The summed E-state index contributed by atoms with van der Waals surface area (Å²) >= 11 is 0. The molecule has 0 aromatic carbocycles. The number of aliphatic hydroxyl groups is 2. The van der Waals surface area contributed by atoms with Crippen molar-refractivity contribution in [1.82, 2.24) is 5.32 Å². The molecular formula is C12H25NO2. The van der Waals surface area contributed by atoms with E-state index < -0.39 is 0 Å². The SMILES string of the molecule is CC1CCCC1CNCC(C)(CO)CO. The topological polar surface area (TPSA) is 52.5 Å². The van der Waals surface area contributed by atoms with E-state index in [9.17, 15) is 0 Å². The fourth-order valence-electron chi connectivity index (χ4n) is 2.25. The molecule has 1 saturated carbocycles. The Morgan fingerprint density at radius 2 is 1.93 bits per heavy atom. The summed E-state index contributed by atoms with van der Waals surface area (Å²) in [7, 11) is 0. The maximum Gasteiger partial charge on any atom is 0.0518 e. The van der Waals surface area contributed by atoms with Crippen LogP contribution < -0.4 is 5.32 Å². The fraction of sp³-hybridized carbons (Fsp3) is 1.00. The molecule has 1 aliphatic carbocycles. The van der Waals surface area contributed by atoms with Crippen LogP contribution in [0.3, 0.4) is 0 Å². The van der Waals surface area contributed by atoms with Crippen LogP contribution >= 0.6 is 0 Å². The lowest BCUT2D eigenvalue weighted by Crippen LogP contribution is -2.39. The van der Waals surface area contributed by atoms with Crippen molar-refractivity contribution in [3.63, 3.8) is 0 Å². The zero-order valence-electron chi connectivity index (χ0n) is 10.00. The van der Waals surface area contributed by atoms with Gasteiger partial charge in [0.15, 0.2) is 0 Å². The van der Waals surface area contributed by atoms with Gasteiger partial charge >= 0.3 is 0 Å². The second kappa shape index (κ2) is 5.83. The molecule has 2 atom stereocenters. The van der Waals surface area contributed by atoms with Crippen molar-refractivity contribution in [2.75, 3.05) is 26.3 Å². The third-order valence-corrected chi connectivity index (χ3v) is 3.76. The van der Waals surface area contributed by atoms with Gasteiger partial charge < -0.3 is 15.5 Å². The molecule has 90 valence electrons. The predicted molar refractivity (Wildman–Crippen MR) is 61.7 cm³/mol. The van der Waals surface area contributed by atoms with Crippen LogP contribution in [0.4, 0.5) is 0 Å². The average molecular weight is 215 g/mol. The van der Waals surface area contributed by atoms with E-state index >= 15 is 0 Å². The summed E-state index contributed by atoms with van der Waals surface area (Å²) in [6.45, 7) is 6.02. The molecule has 1 fully saturated rings. The van der Waals surface area contributed by atoms with E-state index in [1.807, 2.05) is 6.92 Å². The molecule has 3 nitrogen and oxygen atoms in total. The molecule has 1 aliphatic rings. The van der Waals surface area contributed by atoms with Gasteiger partial charge in [-0.3, -0.25) is 0 Å². The average Bonchev–Trinajstić information content (AvgIpc) is 2.64. The summed E-state index contributed by atoms with van der Waals surface area (Å²) in [4.78, 5) is 0. The molecular weight excluding hydrogens is 190 g/mol. The van der Waals surface area contributed by atoms with Crippen LogP contribution in [0.15, 0.2) is 0 Å². The molecule has 15 heavy (non-hydrogen) atoms. The Bertz CT molecular complexity index is 180. The van der Waals surface area contributed by atoms with Crippen LogP contribution in [0.5, 0.6) is 0 Å². The van der Waals surface area contributed by atoms with Gasteiger partial charge in [0.25, 0.3) is 0 Å². The first-order valence-corrected chi connectivity index (χ1v) is 6.04. The van der Waals surface area contributed by atoms with E-state index in [1.165, 1.54) is 19.3 Å². The van der Waals surface area contributed by atoms with Crippen molar-refractivity contribution in [3.05, 3.63) is 0 Å². The molecule has 0 amide bonds. The molecule has 0 aromatic heterocycles. The number of rotatable bonds is 6. The summed E-state index contributed by atoms with van der Waals surface area (Å²) in [6, 6.07) is 0. The van der Waals surface area contributed by atoms with Gasteiger partial charge in [0.1, 0.15) is 0 Å². The molecule has 0 radical (unpaired) electrons. The minimum absolute atomic E-state index is 0.0384. The smallest absolute Gasteiger partial charge is 0.0518 e.